The van der Waals surface area contributed by atoms with Gasteiger partial charge >= 0.3 is 0 Å². The van der Waals surface area contributed by atoms with Crippen LogP contribution >= 0.6 is 0 Å². The second kappa shape index (κ2) is 10.4. The number of nitrogens with one attached hydrogen (secondary N) is 1. The molecule has 3 atom stereocenters. The molecule has 1 aliphatic carbocycles. The van der Waals surface area contributed by atoms with Crippen molar-refractivity contribution in [2.24, 2.45) is 11.7 Å². The molecule has 0 radical (unpaired) electrons. The Bertz CT molecular complexity index is 587. The standard InChI is InChI=1S/C24H44FN5O/c1-28-14-15-30(21(31)18-28)17-19-8-12-29(13-9-19)22-20(25)16-27-24(23(22)26)10-6-4-2-3-5-7-11-24/h19-20,22-23,27H,2-18,26H2,1H3. The summed E-state index contributed by atoms with van der Waals surface area (Å²) in [5.41, 5.74) is 6.80. The quantitative estimate of drug-likeness (QED) is 0.707. The van der Waals surface area contributed by atoms with Gasteiger partial charge < -0.3 is 16.0 Å². The van der Waals surface area contributed by atoms with Crippen LogP contribution in [0, 0.1) is 5.92 Å². The lowest BCUT2D eigenvalue weighted by Gasteiger charge is -2.53. The van der Waals surface area contributed by atoms with Crippen LogP contribution in [0.5, 0.6) is 0 Å². The SMILES string of the molecule is CN1CCN(CC2CCN(C3C(F)CNC4(CCCCCCCC4)C3N)CC2)C(=O)C1. The number of piperidine rings is 2. The maximum atomic E-state index is 15.2. The van der Waals surface area contributed by atoms with E-state index in [0.717, 1.165) is 58.4 Å². The average molecular weight is 438 g/mol. The van der Waals surface area contributed by atoms with E-state index in [1.54, 1.807) is 0 Å². The van der Waals surface area contributed by atoms with Crippen LogP contribution in [0.3, 0.4) is 0 Å². The van der Waals surface area contributed by atoms with E-state index in [0.29, 0.717) is 19.0 Å². The van der Waals surface area contributed by atoms with Crippen LogP contribution < -0.4 is 11.1 Å². The van der Waals surface area contributed by atoms with E-state index < -0.39 is 6.17 Å². The summed E-state index contributed by atoms with van der Waals surface area (Å²) in [6.07, 6.45) is 10.9. The molecule has 6 nitrogen and oxygen atoms in total. The minimum absolute atomic E-state index is 0.0965. The van der Waals surface area contributed by atoms with Gasteiger partial charge in [0.2, 0.25) is 5.91 Å². The fraction of sp³-hybridized carbons (Fsp3) is 0.958. The normalized spacial score (nSPS) is 35.0. The number of nitrogens with two attached hydrogens (primary N) is 1. The molecule has 0 aromatic heterocycles. The number of hydrogen-bond acceptors (Lipinski definition) is 5. The van der Waals surface area contributed by atoms with Gasteiger partial charge in [-0.25, -0.2) is 4.39 Å². The number of hydrogen-bond donors (Lipinski definition) is 2. The van der Waals surface area contributed by atoms with Crippen molar-refractivity contribution in [1.29, 1.82) is 0 Å². The van der Waals surface area contributed by atoms with E-state index in [9.17, 15) is 4.79 Å². The zero-order valence-electron chi connectivity index (χ0n) is 19.5. The number of amides is 1. The Morgan fingerprint density at radius 1 is 1.03 bits per heavy atom. The Morgan fingerprint density at radius 2 is 1.68 bits per heavy atom. The number of likely N-dealkylation sites (N-methyl/N-ethyl adjacent to an activating group) is 1. The lowest BCUT2D eigenvalue weighted by Crippen LogP contribution is -2.74. The van der Waals surface area contributed by atoms with E-state index >= 15 is 4.39 Å². The van der Waals surface area contributed by atoms with Gasteiger partial charge in [-0.2, -0.15) is 0 Å². The van der Waals surface area contributed by atoms with Crippen LogP contribution in [-0.2, 0) is 4.79 Å². The molecule has 4 fully saturated rings. The molecule has 31 heavy (non-hydrogen) atoms. The van der Waals surface area contributed by atoms with Gasteiger partial charge in [-0.15, -0.1) is 0 Å². The Morgan fingerprint density at radius 3 is 2.32 bits per heavy atom. The molecule has 4 aliphatic rings. The number of halogens is 1. The molecule has 1 amide bonds. The second-order valence-electron chi connectivity index (χ2n) is 10.7. The fourth-order valence-electron chi connectivity index (χ4n) is 6.53. The Labute approximate surface area is 188 Å². The summed E-state index contributed by atoms with van der Waals surface area (Å²) < 4.78 is 15.2. The summed E-state index contributed by atoms with van der Waals surface area (Å²) in [5, 5.41) is 3.60. The molecule has 0 aromatic rings. The largest absolute Gasteiger partial charge is 0.340 e. The van der Waals surface area contributed by atoms with Crippen LogP contribution in [-0.4, -0.2) is 97.3 Å². The van der Waals surface area contributed by atoms with Crippen LogP contribution in [0.25, 0.3) is 0 Å². The van der Waals surface area contributed by atoms with Crippen molar-refractivity contribution >= 4 is 5.91 Å². The molecule has 3 N–H and O–H groups in total. The molecular formula is C24H44FN5O. The third-order valence-electron chi connectivity index (χ3n) is 8.58. The molecule has 0 aromatic carbocycles. The summed E-state index contributed by atoms with van der Waals surface area (Å²) in [7, 11) is 2.01. The summed E-state index contributed by atoms with van der Waals surface area (Å²) in [6.45, 7) is 5.44. The molecule has 178 valence electrons. The Balaban J connectivity index is 1.34. The van der Waals surface area contributed by atoms with Crippen molar-refractivity contribution in [3.63, 3.8) is 0 Å². The van der Waals surface area contributed by atoms with Crippen molar-refractivity contribution in [2.45, 2.75) is 88.0 Å². The Hall–Kier alpha value is -0.760. The lowest BCUT2D eigenvalue weighted by molar-refractivity contribution is -0.136. The van der Waals surface area contributed by atoms with Gasteiger partial charge in [0.1, 0.15) is 6.17 Å². The van der Waals surface area contributed by atoms with Crippen LogP contribution in [0.4, 0.5) is 4.39 Å². The fourth-order valence-corrected chi connectivity index (χ4v) is 6.53. The van der Waals surface area contributed by atoms with Crippen LogP contribution in [0.1, 0.15) is 64.2 Å². The number of nitrogens with zero attached hydrogens (tertiary/aromatic N) is 3. The topological polar surface area (TPSA) is 64.8 Å². The predicted molar refractivity (Wildman–Crippen MR) is 123 cm³/mol. The number of alkyl halides is 1. The first kappa shape index (κ1) is 23.4. The van der Waals surface area contributed by atoms with E-state index in [1.165, 1.54) is 38.5 Å². The summed E-state index contributed by atoms with van der Waals surface area (Å²) >= 11 is 0. The zero-order valence-corrected chi connectivity index (χ0v) is 19.5. The maximum absolute atomic E-state index is 15.2. The molecule has 7 heteroatoms. The van der Waals surface area contributed by atoms with Crippen molar-refractivity contribution < 1.29 is 9.18 Å². The average Bonchev–Trinajstić information content (AvgIpc) is 2.87. The highest BCUT2D eigenvalue weighted by molar-refractivity contribution is 5.79. The summed E-state index contributed by atoms with van der Waals surface area (Å²) in [5.74, 6) is 0.779. The van der Waals surface area contributed by atoms with Crippen LogP contribution in [0.2, 0.25) is 0 Å². The van der Waals surface area contributed by atoms with Gasteiger partial charge in [0.05, 0.1) is 12.6 Å². The molecule has 0 bridgehead atoms. The van der Waals surface area contributed by atoms with Gasteiger partial charge in [-0.3, -0.25) is 14.6 Å². The summed E-state index contributed by atoms with van der Waals surface area (Å²) in [4.78, 5) is 18.8. The van der Waals surface area contributed by atoms with Crippen molar-refractivity contribution in [3.05, 3.63) is 0 Å². The number of piperazine rings is 1. The molecule has 3 unspecified atom stereocenters. The zero-order chi connectivity index (χ0) is 21.8. The molecular weight excluding hydrogens is 393 g/mol. The van der Waals surface area contributed by atoms with Crippen molar-refractivity contribution in [3.8, 4) is 0 Å². The highest BCUT2D eigenvalue weighted by Crippen LogP contribution is 2.36. The molecule has 1 spiro atoms. The van der Waals surface area contributed by atoms with Gasteiger partial charge in [-0.05, 0) is 51.7 Å². The predicted octanol–water partition coefficient (Wildman–Crippen LogP) is 1.98. The number of rotatable bonds is 3. The molecule has 3 heterocycles. The summed E-state index contributed by atoms with van der Waals surface area (Å²) in [6, 6.07) is -0.321. The third kappa shape index (κ3) is 5.43. The first-order valence-corrected chi connectivity index (χ1v) is 12.8. The first-order valence-electron chi connectivity index (χ1n) is 12.8. The van der Waals surface area contributed by atoms with E-state index in [2.05, 4.69) is 15.1 Å². The van der Waals surface area contributed by atoms with Crippen LogP contribution in [0.15, 0.2) is 0 Å². The van der Waals surface area contributed by atoms with Gasteiger partial charge in [0, 0.05) is 37.8 Å². The van der Waals surface area contributed by atoms with Crippen molar-refractivity contribution in [2.75, 3.05) is 52.9 Å². The smallest absolute Gasteiger partial charge is 0.236 e. The molecule has 3 aliphatic heterocycles. The minimum atomic E-state index is -0.899. The van der Waals surface area contributed by atoms with E-state index in [1.807, 2.05) is 11.9 Å². The lowest BCUT2D eigenvalue weighted by atomic mass is 9.73. The third-order valence-corrected chi connectivity index (χ3v) is 8.58. The Kier molecular flexibility index (Phi) is 7.89. The number of carbonyl (C=O) groups is 1. The number of likely N-dealkylation sites (tertiary alicyclic amines) is 1. The highest BCUT2D eigenvalue weighted by atomic mass is 19.1. The second-order valence-corrected chi connectivity index (χ2v) is 10.7. The molecule has 4 rings (SSSR count). The van der Waals surface area contributed by atoms with Gasteiger partial charge in [0.15, 0.2) is 0 Å². The van der Waals surface area contributed by atoms with Crippen molar-refractivity contribution in [1.82, 2.24) is 20.0 Å². The number of carbonyl (C=O) groups excluding carboxylic acids is 1. The molecule has 3 saturated heterocycles. The van der Waals surface area contributed by atoms with E-state index in [-0.39, 0.29) is 23.5 Å². The first-order chi connectivity index (χ1) is 15.0. The van der Waals surface area contributed by atoms with Gasteiger partial charge in [0.25, 0.3) is 0 Å². The van der Waals surface area contributed by atoms with E-state index in [4.69, 9.17) is 5.73 Å². The van der Waals surface area contributed by atoms with Gasteiger partial charge in [-0.1, -0.05) is 38.5 Å². The molecule has 1 saturated carbocycles. The minimum Gasteiger partial charge on any atom is -0.340 e. The maximum Gasteiger partial charge on any atom is 0.236 e. The monoisotopic (exact) mass is 437 g/mol. The highest BCUT2D eigenvalue weighted by Gasteiger charge is 2.49.